The minimum atomic E-state index is -0.203. The first-order valence-electron chi connectivity index (χ1n) is 13.2. The largest absolute Gasteiger partial charge is 0.497 e. The molecule has 2 aliphatic rings. The number of anilines is 1. The van der Waals surface area contributed by atoms with Crippen LogP contribution >= 0.6 is 12.0 Å². The maximum atomic E-state index is 13.9. The third-order valence-electron chi connectivity index (χ3n) is 7.45. The highest BCUT2D eigenvalue weighted by molar-refractivity contribution is 7.94. The number of amides is 2. The summed E-state index contributed by atoms with van der Waals surface area (Å²) in [6.45, 7) is 6.35. The predicted molar refractivity (Wildman–Crippen MR) is 149 cm³/mol. The van der Waals surface area contributed by atoms with Gasteiger partial charge >= 0.3 is 0 Å². The summed E-state index contributed by atoms with van der Waals surface area (Å²) in [6.07, 6.45) is 3.30. The molecule has 2 amide bonds. The van der Waals surface area contributed by atoms with Crippen LogP contribution in [0.2, 0.25) is 0 Å². The van der Waals surface area contributed by atoms with Crippen LogP contribution in [0.1, 0.15) is 54.7 Å². The fourth-order valence-corrected chi connectivity index (χ4v) is 5.85. The molecule has 1 aromatic heterocycles. The van der Waals surface area contributed by atoms with E-state index in [-0.39, 0.29) is 17.2 Å². The Morgan fingerprint density at radius 1 is 0.923 bits per heavy atom. The number of piperidine rings is 1. The molecule has 0 saturated carbocycles. The van der Waals surface area contributed by atoms with Gasteiger partial charge in [-0.15, -0.1) is 0 Å². The minimum Gasteiger partial charge on any atom is -0.497 e. The molecule has 0 atom stereocenters. The summed E-state index contributed by atoms with van der Waals surface area (Å²) in [5, 5.41) is 5.29. The number of nitrogens with zero attached hydrogens (tertiary/aromatic N) is 4. The molecule has 1 fully saturated rings. The Bertz CT molecular complexity index is 1340. The molecule has 1 saturated heterocycles. The lowest BCUT2D eigenvalue weighted by Gasteiger charge is -2.35. The van der Waals surface area contributed by atoms with E-state index in [4.69, 9.17) is 19.1 Å². The van der Waals surface area contributed by atoms with E-state index in [1.165, 1.54) is 7.11 Å². The van der Waals surface area contributed by atoms with Crippen LogP contribution in [0.5, 0.6) is 5.75 Å². The van der Waals surface area contributed by atoms with Gasteiger partial charge in [0.15, 0.2) is 5.03 Å². The lowest BCUT2D eigenvalue weighted by molar-refractivity contribution is -0.160. The number of hydrogen-bond acceptors (Lipinski definition) is 7. The Hall–Kier alpha value is -3.34. The smallest absolute Gasteiger partial charge is 0.277 e. The first-order valence-corrected chi connectivity index (χ1v) is 13.9. The number of aromatic nitrogens is 2. The molecule has 10 heteroatoms. The Labute approximate surface area is 233 Å². The van der Waals surface area contributed by atoms with E-state index in [0.717, 1.165) is 59.7 Å². The highest BCUT2D eigenvalue weighted by Gasteiger charge is 2.34. The van der Waals surface area contributed by atoms with E-state index >= 15 is 0 Å². The first-order chi connectivity index (χ1) is 18.8. The quantitative estimate of drug-likeness (QED) is 0.212. The van der Waals surface area contributed by atoms with Crippen molar-refractivity contribution in [1.29, 1.82) is 0 Å². The summed E-state index contributed by atoms with van der Waals surface area (Å²) >= 11 is 0.999. The van der Waals surface area contributed by atoms with Gasteiger partial charge in [0.25, 0.3) is 5.91 Å². The fraction of sp³-hybridized carbons (Fsp3) is 0.414. The number of fused-ring (bicyclic) bond motifs is 1. The summed E-state index contributed by atoms with van der Waals surface area (Å²) in [4.78, 5) is 34.8. The van der Waals surface area contributed by atoms with Crippen molar-refractivity contribution < 1.29 is 23.5 Å². The van der Waals surface area contributed by atoms with Crippen LogP contribution in [0.4, 0.5) is 5.69 Å². The zero-order chi connectivity index (χ0) is 27.6. The second-order valence-electron chi connectivity index (χ2n) is 10.5. The highest BCUT2D eigenvalue weighted by atomic mass is 32.2. The number of benzene rings is 2. The lowest BCUT2D eigenvalue weighted by atomic mass is 9.83. The molecule has 3 heterocycles. The van der Waals surface area contributed by atoms with Gasteiger partial charge in [-0.3, -0.25) is 9.59 Å². The molecule has 9 nitrogen and oxygen atoms in total. The number of methoxy groups -OCH3 is 1. The van der Waals surface area contributed by atoms with Gasteiger partial charge in [0.1, 0.15) is 11.4 Å². The molecule has 2 aliphatic heterocycles. The Morgan fingerprint density at radius 2 is 1.64 bits per heavy atom. The molecule has 0 spiro atoms. The molecule has 0 radical (unpaired) electrons. The molecule has 5 rings (SSSR count). The van der Waals surface area contributed by atoms with E-state index < -0.39 is 0 Å². The molecule has 2 aromatic carbocycles. The maximum absolute atomic E-state index is 13.9. The first kappa shape index (κ1) is 27.2. The van der Waals surface area contributed by atoms with Gasteiger partial charge in [0.05, 0.1) is 31.9 Å². The van der Waals surface area contributed by atoms with Crippen molar-refractivity contribution in [2.75, 3.05) is 38.8 Å². The second-order valence-corrected chi connectivity index (χ2v) is 11.2. The molecular formula is C29H34N4O5S. The average Bonchev–Trinajstić information content (AvgIpc) is 3.33. The molecule has 0 unspecified atom stereocenters. The van der Waals surface area contributed by atoms with Crippen molar-refractivity contribution in [1.82, 2.24) is 14.7 Å². The normalized spacial score (nSPS) is 16.0. The third-order valence-corrected chi connectivity index (χ3v) is 8.14. The highest BCUT2D eigenvalue weighted by Crippen LogP contribution is 2.35. The van der Waals surface area contributed by atoms with Crippen LogP contribution in [0.15, 0.2) is 53.6 Å². The Kier molecular flexibility index (Phi) is 7.97. The number of likely N-dealkylation sites (tertiary alicyclic amines) is 1. The zero-order valence-corrected chi connectivity index (χ0v) is 23.6. The van der Waals surface area contributed by atoms with E-state index in [0.29, 0.717) is 36.7 Å². The van der Waals surface area contributed by atoms with Crippen molar-refractivity contribution >= 4 is 29.5 Å². The van der Waals surface area contributed by atoms with Crippen LogP contribution < -0.4 is 9.64 Å². The number of ether oxygens (including phenoxy) is 1. The molecule has 206 valence electrons. The zero-order valence-electron chi connectivity index (χ0n) is 22.8. The van der Waals surface area contributed by atoms with E-state index in [1.54, 1.807) is 16.7 Å². The van der Waals surface area contributed by atoms with Crippen molar-refractivity contribution in [3.8, 4) is 11.4 Å². The molecule has 0 N–H and O–H groups in total. The number of carbonyl (C=O) groups excluding carboxylic acids is 2. The van der Waals surface area contributed by atoms with Crippen molar-refractivity contribution in [2.24, 2.45) is 0 Å². The van der Waals surface area contributed by atoms with Gasteiger partial charge in [-0.05, 0) is 61.2 Å². The maximum Gasteiger partial charge on any atom is 0.277 e. The van der Waals surface area contributed by atoms with Crippen molar-refractivity contribution in [3.05, 3.63) is 65.4 Å². The lowest BCUT2D eigenvalue weighted by Crippen LogP contribution is -2.43. The van der Waals surface area contributed by atoms with Crippen LogP contribution in [-0.4, -0.2) is 60.3 Å². The van der Waals surface area contributed by atoms with Gasteiger partial charge < -0.3 is 14.5 Å². The van der Waals surface area contributed by atoms with E-state index in [9.17, 15) is 9.59 Å². The topological polar surface area (TPSA) is 86.1 Å². The van der Waals surface area contributed by atoms with Crippen LogP contribution in [-0.2, 0) is 25.9 Å². The van der Waals surface area contributed by atoms with Crippen LogP contribution in [0, 0.1) is 0 Å². The summed E-state index contributed by atoms with van der Waals surface area (Å²) < 4.78 is 12.0. The van der Waals surface area contributed by atoms with E-state index in [1.807, 2.05) is 41.3 Å². The molecule has 39 heavy (non-hydrogen) atoms. The monoisotopic (exact) mass is 550 g/mol. The molecule has 3 aromatic rings. The molecule has 0 aliphatic carbocycles. The van der Waals surface area contributed by atoms with Crippen molar-refractivity contribution in [2.45, 2.75) is 50.0 Å². The van der Waals surface area contributed by atoms with Gasteiger partial charge in [-0.1, -0.05) is 26.0 Å². The standard InChI is InChI=1S/C29H34N4O5S/c1-29(2,19-31-17-6-5-7-25(31)34)20-8-10-21(11-9-20)32-18-16-24-26(28(32)35)33(30-27(24)39-38-37-4)22-12-14-23(36-3)15-13-22/h8-15H,5-7,16-19H2,1-4H3. The molecule has 0 bridgehead atoms. The SMILES string of the molecule is COOSc1nn(-c2ccc(OC)cc2)c2c1CCN(c1ccc(C(C)(C)CN3CCCCC3=O)cc1)C2=O. The minimum absolute atomic E-state index is 0.130. The predicted octanol–water partition coefficient (Wildman–Crippen LogP) is 4.96. The Morgan fingerprint density at radius 3 is 2.31 bits per heavy atom. The average molecular weight is 551 g/mol. The number of rotatable bonds is 9. The number of carbonyl (C=O) groups is 2. The van der Waals surface area contributed by atoms with Crippen molar-refractivity contribution in [3.63, 3.8) is 0 Å². The number of hydrogen-bond donors (Lipinski definition) is 0. The second kappa shape index (κ2) is 11.4. The van der Waals surface area contributed by atoms with Gasteiger partial charge in [0, 0.05) is 42.7 Å². The van der Waals surface area contributed by atoms with E-state index in [2.05, 4.69) is 26.0 Å². The van der Waals surface area contributed by atoms with Gasteiger partial charge in [0.2, 0.25) is 5.91 Å². The summed E-state index contributed by atoms with van der Waals surface area (Å²) in [7, 11) is 3.05. The van der Waals surface area contributed by atoms with Gasteiger partial charge in [-0.25, -0.2) is 9.57 Å². The summed E-state index contributed by atoms with van der Waals surface area (Å²) in [5.41, 5.74) is 3.83. The van der Waals surface area contributed by atoms with Gasteiger partial charge in [-0.2, -0.15) is 9.43 Å². The fourth-order valence-electron chi connectivity index (χ4n) is 5.31. The summed E-state index contributed by atoms with van der Waals surface area (Å²) in [6, 6.07) is 15.5. The Balaban J connectivity index is 1.41. The van der Waals surface area contributed by atoms with Crippen LogP contribution in [0.25, 0.3) is 5.69 Å². The van der Waals surface area contributed by atoms with Crippen LogP contribution in [0.3, 0.4) is 0 Å². The summed E-state index contributed by atoms with van der Waals surface area (Å²) in [5.74, 6) is 0.829. The third kappa shape index (κ3) is 5.54. The molecular weight excluding hydrogens is 516 g/mol.